The van der Waals surface area contributed by atoms with Gasteiger partial charge in [0.1, 0.15) is 5.54 Å². The molecule has 35 heavy (non-hydrogen) atoms. The van der Waals surface area contributed by atoms with Crippen LogP contribution in [0.5, 0.6) is 0 Å². The summed E-state index contributed by atoms with van der Waals surface area (Å²) in [4.78, 5) is 57.6. The molecule has 1 N–H and O–H groups in total. The molecule has 2 amide bonds. The lowest BCUT2D eigenvalue weighted by molar-refractivity contribution is -0.140. The van der Waals surface area contributed by atoms with Gasteiger partial charge in [-0.15, -0.1) is 0 Å². The standard InChI is InChI=1S/C25H26N4O5S/c1-15(21(31)29-19-12-8-7-11-18(19)26-23(33)25(29,2)3)35-24-27-17-10-6-5-9-16(17)22(32)28(24)14-13-20(30)34-4/h5-12,15H,13-14H2,1-4H3,(H,26,33)/t15-/m0/s1. The minimum absolute atomic E-state index is 0.0149. The van der Waals surface area contributed by atoms with Gasteiger partial charge in [0.25, 0.3) is 5.56 Å². The molecule has 0 radical (unpaired) electrons. The Bertz CT molecular complexity index is 1380. The Hall–Kier alpha value is -3.66. The van der Waals surface area contributed by atoms with Crippen LogP contribution >= 0.6 is 11.8 Å². The number of rotatable bonds is 6. The first-order valence-electron chi connectivity index (χ1n) is 11.1. The van der Waals surface area contributed by atoms with Crippen LogP contribution in [0, 0.1) is 0 Å². The van der Waals surface area contributed by atoms with Gasteiger partial charge in [0.15, 0.2) is 5.16 Å². The molecular formula is C25H26N4O5S. The van der Waals surface area contributed by atoms with E-state index in [2.05, 4.69) is 10.3 Å². The molecule has 182 valence electrons. The van der Waals surface area contributed by atoms with Crippen molar-refractivity contribution in [3.63, 3.8) is 0 Å². The maximum absolute atomic E-state index is 13.7. The van der Waals surface area contributed by atoms with E-state index in [0.717, 1.165) is 11.8 Å². The number of benzene rings is 2. The van der Waals surface area contributed by atoms with E-state index in [1.165, 1.54) is 16.6 Å². The molecule has 0 spiro atoms. The number of fused-ring (bicyclic) bond motifs is 2. The number of hydrogen-bond donors (Lipinski definition) is 1. The first kappa shape index (κ1) is 24.5. The van der Waals surface area contributed by atoms with Crippen LogP contribution in [-0.2, 0) is 25.7 Å². The number of ether oxygens (including phenoxy) is 1. The average Bonchev–Trinajstić information content (AvgIpc) is 2.84. The molecule has 10 heteroatoms. The number of aromatic nitrogens is 2. The van der Waals surface area contributed by atoms with Crippen LogP contribution in [0.4, 0.5) is 11.4 Å². The third-order valence-corrected chi connectivity index (χ3v) is 7.03. The maximum Gasteiger partial charge on any atom is 0.307 e. The molecule has 2 aromatic carbocycles. The minimum atomic E-state index is -1.12. The Kier molecular flexibility index (Phi) is 6.66. The van der Waals surface area contributed by atoms with Crippen LogP contribution in [-0.4, -0.2) is 45.2 Å². The van der Waals surface area contributed by atoms with Gasteiger partial charge in [-0.2, -0.15) is 0 Å². The van der Waals surface area contributed by atoms with Crippen LogP contribution in [0.25, 0.3) is 10.9 Å². The molecule has 1 aliphatic rings. The van der Waals surface area contributed by atoms with E-state index in [4.69, 9.17) is 4.74 Å². The van der Waals surface area contributed by atoms with Gasteiger partial charge in [0.2, 0.25) is 11.8 Å². The number of methoxy groups -OCH3 is 1. The molecule has 9 nitrogen and oxygen atoms in total. The smallest absolute Gasteiger partial charge is 0.307 e. The second-order valence-electron chi connectivity index (χ2n) is 8.66. The monoisotopic (exact) mass is 494 g/mol. The Labute approximate surface area is 206 Å². The Morgan fingerprint density at radius 1 is 1.11 bits per heavy atom. The van der Waals surface area contributed by atoms with Crippen molar-refractivity contribution < 1.29 is 19.1 Å². The van der Waals surface area contributed by atoms with Crippen molar-refractivity contribution in [3.8, 4) is 0 Å². The van der Waals surface area contributed by atoms with E-state index in [1.54, 1.807) is 69.3 Å². The molecule has 0 unspecified atom stereocenters. The number of nitrogens with one attached hydrogen (secondary N) is 1. The van der Waals surface area contributed by atoms with Gasteiger partial charge < -0.3 is 10.1 Å². The minimum Gasteiger partial charge on any atom is -0.469 e. The first-order chi connectivity index (χ1) is 16.6. The summed E-state index contributed by atoms with van der Waals surface area (Å²) in [6.45, 7) is 5.15. The van der Waals surface area contributed by atoms with Crippen molar-refractivity contribution in [1.82, 2.24) is 9.55 Å². The van der Waals surface area contributed by atoms with Crippen LogP contribution in [0.2, 0.25) is 0 Å². The van der Waals surface area contributed by atoms with Gasteiger partial charge in [-0.05, 0) is 45.0 Å². The SMILES string of the molecule is COC(=O)CCn1c(S[C@@H](C)C(=O)N2c3ccccc3NC(=O)C2(C)C)nc2ccccc2c1=O. The summed E-state index contributed by atoms with van der Waals surface area (Å²) in [6.07, 6.45) is -0.0149. The zero-order chi connectivity index (χ0) is 25.3. The molecular weight excluding hydrogens is 468 g/mol. The van der Waals surface area contributed by atoms with Gasteiger partial charge in [0, 0.05) is 6.54 Å². The molecule has 0 aliphatic carbocycles. The average molecular weight is 495 g/mol. The lowest BCUT2D eigenvalue weighted by Gasteiger charge is -2.43. The number of thioether (sulfide) groups is 1. The van der Waals surface area contributed by atoms with Gasteiger partial charge in [0.05, 0.1) is 41.1 Å². The summed E-state index contributed by atoms with van der Waals surface area (Å²) in [5.74, 6) is -1.05. The van der Waals surface area contributed by atoms with Crippen LogP contribution in [0.3, 0.4) is 0 Å². The zero-order valence-electron chi connectivity index (χ0n) is 19.9. The number of amides is 2. The van der Waals surface area contributed by atoms with Gasteiger partial charge in [-0.25, -0.2) is 4.98 Å². The largest absolute Gasteiger partial charge is 0.469 e. The van der Waals surface area contributed by atoms with Gasteiger partial charge in [-0.3, -0.25) is 28.6 Å². The highest BCUT2D eigenvalue weighted by Crippen LogP contribution is 2.38. The van der Waals surface area contributed by atoms with E-state index >= 15 is 0 Å². The third kappa shape index (κ3) is 4.53. The maximum atomic E-state index is 13.7. The third-order valence-electron chi connectivity index (χ3n) is 5.95. The summed E-state index contributed by atoms with van der Waals surface area (Å²) in [7, 11) is 1.29. The first-order valence-corrected chi connectivity index (χ1v) is 12.0. The van der Waals surface area contributed by atoms with E-state index in [9.17, 15) is 19.2 Å². The topological polar surface area (TPSA) is 111 Å². The van der Waals surface area contributed by atoms with Crippen molar-refractivity contribution >= 4 is 51.8 Å². The molecule has 1 aliphatic heterocycles. The summed E-state index contributed by atoms with van der Waals surface area (Å²) in [6, 6.07) is 14.1. The summed E-state index contributed by atoms with van der Waals surface area (Å²) in [5.41, 5.74) is 0.230. The number of carbonyl (C=O) groups excluding carboxylic acids is 3. The van der Waals surface area contributed by atoms with Crippen LogP contribution in [0.15, 0.2) is 58.5 Å². The fourth-order valence-electron chi connectivity index (χ4n) is 3.98. The Morgan fingerprint density at radius 2 is 1.80 bits per heavy atom. The molecule has 3 aromatic rings. The quantitative estimate of drug-likeness (QED) is 0.318. The number of para-hydroxylation sites is 3. The van der Waals surface area contributed by atoms with Crippen molar-refractivity contribution in [2.45, 2.75) is 49.7 Å². The van der Waals surface area contributed by atoms with E-state index in [-0.39, 0.29) is 30.3 Å². The lowest BCUT2D eigenvalue weighted by atomic mass is 9.96. The fourth-order valence-corrected chi connectivity index (χ4v) is 4.95. The number of hydrogen-bond acceptors (Lipinski definition) is 7. The molecule has 4 rings (SSSR count). The van der Waals surface area contributed by atoms with Gasteiger partial charge >= 0.3 is 5.97 Å². The second kappa shape index (κ2) is 9.53. The highest BCUT2D eigenvalue weighted by Gasteiger charge is 2.45. The molecule has 0 saturated heterocycles. The summed E-state index contributed by atoms with van der Waals surface area (Å²) >= 11 is 1.11. The molecule has 2 heterocycles. The zero-order valence-corrected chi connectivity index (χ0v) is 20.7. The van der Waals surface area contributed by atoms with E-state index < -0.39 is 16.8 Å². The lowest BCUT2D eigenvalue weighted by Crippen LogP contribution is -2.60. The number of carbonyl (C=O) groups is 3. The van der Waals surface area contributed by atoms with Crippen LogP contribution < -0.4 is 15.8 Å². The van der Waals surface area contributed by atoms with Crippen molar-refractivity contribution in [3.05, 3.63) is 58.9 Å². The highest BCUT2D eigenvalue weighted by molar-refractivity contribution is 8.00. The predicted molar refractivity (Wildman–Crippen MR) is 135 cm³/mol. The molecule has 0 bridgehead atoms. The predicted octanol–water partition coefficient (Wildman–Crippen LogP) is 3.20. The fraction of sp³-hybridized carbons (Fsp3) is 0.320. The van der Waals surface area contributed by atoms with E-state index in [1.807, 2.05) is 0 Å². The van der Waals surface area contributed by atoms with Gasteiger partial charge in [-0.1, -0.05) is 36.0 Å². The van der Waals surface area contributed by atoms with E-state index in [0.29, 0.717) is 27.4 Å². The number of esters is 1. The Morgan fingerprint density at radius 3 is 2.54 bits per heavy atom. The van der Waals surface area contributed by atoms with Crippen molar-refractivity contribution in [2.24, 2.45) is 0 Å². The Balaban J connectivity index is 1.72. The number of anilines is 2. The molecule has 0 fully saturated rings. The summed E-state index contributed by atoms with van der Waals surface area (Å²) < 4.78 is 6.12. The molecule has 1 atom stereocenters. The molecule has 1 aromatic heterocycles. The van der Waals surface area contributed by atoms with Crippen LogP contribution in [0.1, 0.15) is 27.2 Å². The van der Waals surface area contributed by atoms with Crippen molar-refractivity contribution in [1.29, 1.82) is 0 Å². The highest BCUT2D eigenvalue weighted by atomic mass is 32.2. The number of nitrogens with zero attached hydrogens (tertiary/aromatic N) is 3. The summed E-state index contributed by atoms with van der Waals surface area (Å²) in [5, 5.41) is 2.89. The van der Waals surface area contributed by atoms with Crippen molar-refractivity contribution in [2.75, 3.05) is 17.3 Å². The second-order valence-corrected chi connectivity index (χ2v) is 9.97. The molecule has 0 saturated carbocycles. The normalized spacial score (nSPS) is 15.3.